The van der Waals surface area contributed by atoms with Crippen LogP contribution < -0.4 is 0 Å². The van der Waals surface area contributed by atoms with Gasteiger partial charge in [-0.25, -0.2) is 4.79 Å². The van der Waals surface area contributed by atoms with Crippen molar-refractivity contribution in [1.82, 2.24) is 0 Å². The Balaban J connectivity index is 1.55. The molecule has 0 saturated heterocycles. The summed E-state index contributed by atoms with van der Waals surface area (Å²) < 4.78 is 10.2. The number of hydrogen-bond acceptors (Lipinski definition) is 13. The Morgan fingerprint density at radius 1 is 0.891 bits per heavy atom. The number of aryl methyl sites for hydroxylation is 1. The van der Waals surface area contributed by atoms with Crippen LogP contribution in [0, 0.1) is 12.8 Å². The van der Waals surface area contributed by atoms with Gasteiger partial charge in [0.2, 0.25) is 11.6 Å². The molecular formula is C33H26O13. The lowest BCUT2D eigenvalue weighted by Crippen LogP contribution is -2.62. The van der Waals surface area contributed by atoms with Crippen LogP contribution in [0.25, 0.3) is 0 Å². The molecule has 4 atom stereocenters. The molecular weight excluding hydrogens is 604 g/mol. The van der Waals surface area contributed by atoms with Crippen LogP contribution in [0.3, 0.4) is 0 Å². The Kier molecular flexibility index (Phi) is 6.71. The second-order valence-corrected chi connectivity index (χ2v) is 11.5. The molecule has 3 aromatic rings. The van der Waals surface area contributed by atoms with Crippen molar-refractivity contribution >= 4 is 29.3 Å². The second-order valence-electron chi connectivity index (χ2n) is 11.5. The standard InChI is InChI=1S/C33H26O13/c1-11-6-15-22(19(37)7-11)31(42)33(44)26(29(15)46-12(2)34)14-8-13-10-20(38)25(27(39)21(13)16(9-14)30(33)41)28(40)23-17(35)4-5-18(36)24(23)32(43)45-3/h4-7,9-10,16,26,29,35-39,44H,8H2,1-3H3/t16-,26?,29-,33?/m0/s1. The normalized spacial score (nSPS) is 22.6. The molecule has 6 N–H and O–H groups in total. The summed E-state index contributed by atoms with van der Waals surface area (Å²) in [6.07, 6.45) is -0.206. The van der Waals surface area contributed by atoms with Gasteiger partial charge in [-0.1, -0.05) is 17.7 Å². The Morgan fingerprint density at radius 3 is 2.17 bits per heavy atom. The first-order chi connectivity index (χ1) is 21.6. The molecule has 2 bridgehead atoms. The molecule has 6 rings (SSSR count). The summed E-state index contributed by atoms with van der Waals surface area (Å²) in [5.41, 5.74) is -4.99. The van der Waals surface area contributed by atoms with Gasteiger partial charge in [0.1, 0.15) is 46.0 Å². The lowest BCUT2D eigenvalue weighted by Gasteiger charge is -2.49. The molecule has 2 unspecified atom stereocenters. The number of Topliss-reactive ketones (excluding diaryl/α,β-unsaturated/α-hetero) is 2. The van der Waals surface area contributed by atoms with Crippen molar-refractivity contribution in [2.24, 2.45) is 5.92 Å². The van der Waals surface area contributed by atoms with Gasteiger partial charge in [0, 0.05) is 18.1 Å². The fourth-order valence-corrected chi connectivity index (χ4v) is 6.95. The van der Waals surface area contributed by atoms with E-state index >= 15 is 0 Å². The molecule has 0 amide bonds. The smallest absolute Gasteiger partial charge is 0.342 e. The highest BCUT2D eigenvalue weighted by molar-refractivity contribution is 6.24. The number of hydrogen-bond donors (Lipinski definition) is 6. The van der Waals surface area contributed by atoms with E-state index in [1.807, 2.05) is 0 Å². The third kappa shape index (κ3) is 4.01. The van der Waals surface area contributed by atoms with E-state index in [-0.39, 0.29) is 28.7 Å². The van der Waals surface area contributed by atoms with Crippen LogP contribution >= 0.6 is 0 Å². The lowest BCUT2D eigenvalue weighted by atomic mass is 9.56. The predicted octanol–water partition coefficient (Wildman–Crippen LogP) is 2.54. The molecule has 0 saturated carbocycles. The van der Waals surface area contributed by atoms with Crippen molar-refractivity contribution in [2.75, 3.05) is 7.11 Å². The molecule has 0 radical (unpaired) electrons. The molecule has 0 heterocycles. The van der Waals surface area contributed by atoms with Gasteiger partial charge in [-0.05, 0) is 48.7 Å². The minimum atomic E-state index is -2.89. The second kappa shape index (κ2) is 10.2. The zero-order chi connectivity index (χ0) is 33.6. The fraction of sp³-hybridized carbons (Fsp3) is 0.242. The van der Waals surface area contributed by atoms with Crippen molar-refractivity contribution in [2.45, 2.75) is 37.9 Å². The summed E-state index contributed by atoms with van der Waals surface area (Å²) in [6.45, 7) is 2.73. The summed E-state index contributed by atoms with van der Waals surface area (Å²) in [5, 5.41) is 66.0. The van der Waals surface area contributed by atoms with E-state index in [0.29, 0.717) is 5.56 Å². The summed E-state index contributed by atoms with van der Waals surface area (Å²) >= 11 is 0. The maximum absolute atomic E-state index is 14.2. The SMILES string of the molecule is COC(=O)c1c(O)ccc(O)c1C(=O)c1c(O)cc2c(c1O)[C@@H]1C=C(C2)C2[C@@H](OC(C)=O)c3cc(C)cc(O)c3C(=O)C2(O)C1=O. The van der Waals surface area contributed by atoms with E-state index in [4.69, 9.17) is 4.74 Å². The topological polar surface area (TPSA) is 225 Å². The minimum Gasteiger partial charge on any atom is -0.507 e. The van der Waals surface area contributed by atoms with Gasteiger partial charge in [-0.3, -0.25) is 19.2 Å². The zero-order valence-corrected chi connectivity index (χ0v) is 24.4. The quantitative estimate of drug-likeness (QED) is 0.0802. The van der Waals surface area contributed by atoms with Gasteiger partial charge < -0.3 is 40.1 Å². The summed E-state index contributed by atoms with van der Waals surface area (Å²) in [6, 6.07) is 5.66. The molecule has 3 aliphatic carbocycles. The Labute approximate surface area is 259 Å². The van der Waals surface area contributed by atoms with Crippen LogP contribution in [-0.4, -0.2) is 72.6 Å². The van der Waals surface area contributed by atoms with E-state index in [1.165, 1.54) is 18.2 Å². The zero-order valence-electron chi connectivity index (χ0n) is 24.4. The van der Waals surface area contributed by atoms with Gasteiger partial charge in [0.25, 0.3) is 0 Å². The average Bonchev–Trinajstić information content (AvgIpc) is 2.98. The maximum Gasteiger partial charge on any atom is 0.342 e. The number of phenolic OH excluding ortho intramolecular Hbond substituents is 5. The third-order valence-electron chi connectivity index (χ3n) is 8.77. The van der Waals surface area contributed by atoms with Crippen molar-refractivity contribution < 1.29 is 64.1 Å². The van der Waals surface area contributed by atoms with Crippen LogP contribution in [0.4, 0.5) is 0 Å². The molecule has 46 heavy (non-hydrogen) atoms. The number of fused-ring (bicyclic) bond motifs is 6. The Morgan fingerprint density at radius 2 is 1.54 bits per heavy atom. The number of benzene rings is 3. The molecule has 13 nitrogen and oxygen atoms in total. The number of rotatable bonds is 4. The van der Waals surface area contributed by atoms with E-state index in [1.54, 1.807) is 6.92 Å². The number of esters is 2. The predicted molar refractivity (Wildman–Crippen MR) is 154 cm³/mol. The minimum absolute atomic E-state index is 0.0873. The maximum atomic E-state index is 14.2. The molecule has 0 fully saturated rings. The number of ketones is 3. The van der Waals surface area contributed by atoms with Gasteiger partial charge >= 0.3 is 11.9 Å². The van der Waals surface area contributed by atoms with E-state index in [9.17, 15) is 54.6 Å². The van der Waals surface area contributed by atoms with Crippen molar-refractivity contribution in [3.63, 3.8) is 0 Å². The first-order valence-electron chi connectivity index (χ1n) is 13.9. The van der Waals surface area contributed by atoms with Gasteiger partial charge in [-0.2, -0.15) is 0 Å². The number of phenols is 5. The molecule has 236 valence electrons. The summed E-state index contributed by atoms with van der Waals surface area (Å²) in [4.78, 5) is 66.6. The summed E-state index contributed by atoms with van der Waals surface area (Å²) in [7, 11) is 0.961. The summed E-state index contributed by atoms with van der Waals surface area (Å²) in [5.74, 6) is -12.5. The van der Waals surface area contributed by atoms with Gasteiger partial charge in [-0.15, -0.1) is 0 Å². The number of aromatic hydroxyl groups is 5. The molecule has 3 aromatic carbocycles. The largest absolute Gasteiger partial charge is 0.507 e. The molecule has 13 heteroatoms. The monoisotopic (exact) mass is 630 g/mol. The number of allylic oxidation sites excluding steroid dienone is 1. The Hall–Kier alpha value is -5.69. The highest BCUT2D eigenvalue weighted by Crippen LogP contribution is 2.57. The first kappa shape index (κ1) is 30.3. The van der Waals surface area contributed by atoms with Crippen LogP contribution in [0.15, 0.2) is 42.0 Å². The Bertz CT molecular complexity index is 1990. The van der Waals surface area contributed by atoms with E-state index in [2.05, 4.69) is 4.74 Å². The number of methoxy groups -OCH3 is 1. The lowest BCUT2D eigenvalue weighted by molar-refractivity contribution is -0.160. The van der Waals surface area contributed by atoms with Gasteiger partial charge in [0.15, 0.2) is 11.4 Å². The van der Waals surface area contributed by atoms with Crippen molar-refractivity contribution in [3.05, 3.63) is 86.5 Å². The van der Waals surface area contributed by atoms with Gasteiger partial charge in [0.05, 0.1) is 30.1 Å². The van der Waals surface area contributed by atoms with E-state index in [0.717, 1.165) is 32.2 Å². The van der Waals surface area contributed by atoms with Crippen LogP contribution in [0.2, 0.25) is 0 Å². The molecule has 0 spiro atoms. The van der Waals surface area contributed by atoms with Crippen LogP contribution in [-0.2, 0) is 25.5 Å². The first-order valence-corrected chi connectivity index (χ1v) is 13.9. The number of aliphatic hydroxyl groups is 1. The van der Waals surface area contributed by atoms with Crippen LogP contribution in [0.5, 0.6) is 28.7 Å². The average molecular weight is 631 g/mol. The van der Waals surface area contributed by atoms with Crippen molar-refractivity contribution in [3.8, 4) is 28.7 Å². The van der Waals surface area contributed by atoms with E-state index < -0.39 is 104 Å². The molecule has 0 aliphatic heterocycles. The highest BCUT2D eigenvalue weighted by Gasteiger charge is 2.64. The number of carbonyl (C=O) groups excluding carboxylic acids is 5. The number of carbonyl (C=O) groups is 5. The molecule has 0 aromatic heterocycles. The third-order valence-corrected chi connectivity index (χ3v) is 8.77. The fourth-order valence-electron chi connectivity index (χ4n) is 6.95. The highest BCUT2D eigenvalue weighted by atomic mass is 16.5. The number of ether oxygens (including phenoxy) is 2. The molecule has 3 aliphatic rings. The van der Waals surface area contributed by atoms with Crippen molar-refractivity contribution in [1.29, 1.82) is 0 Å². The van der Waals surface area contributed by atoms with Crippen LogP contribution in [0.1, 0.15) is 77.8 Å².